The van der Waals surface area contributed by atoms with Gasteiger partial charge in [-0.25, -0.2) is 0 Å². The van der Waals surface area contributed by atoms with Crippen LogP contribution in [0.3, 0.4) is 0 Å². The predicted molar refractivity (Wildman–Crippen MR) is 186 cm³/mol. The summed E-state index contributed by atoms with van der Waals surface area (Å²) in [6.45, 7) is 3.93. The third kappa shape index (κ3) is 8.39. The van der Waals surface area contributed by atoms with Crippen LogP contribution in [0.2, 0.25) is 0 Å². The number of nitrogen functional groups attached to an aromatic ring is 1. The lowest BCUT2D eigenvalue weighted by Crippen LogP contribution is -2.55. The first kappa shape index (κ1) is 36.1. The van der Waals surface area contributed by atoms with Crippen LogP contribution in [0.4, 0.5) is 5.69 Å². The minimum absolute atomic E-state index is 0.0761. The Morgan fingerprint density at radius 3 is 2.21 bits per heavy atom. The van der Waals surface area contributed by atoms with E-state index >= 15 is 0 Å². The van der Waals surface area contributed by atoms with Crippen LogP contribution in [-0.4, -0.2) is 69.6 Å². The monoisotopic (exact) mass is 660 g/mol. The summed E-state index contributed by atoms with van der Waals surface area (Å²) < 4.78 is 22.6. The lowest BCUT2D eigenvalue weighted by Gasteiger charge is -2.25. The van der Waals surface area contributed by atoms with E-state index in [0.29, 0.717) is 54.4 Å². The molecule has 4 rings (SSSR count). The molecule has 0 aromatic heterocycles. The Kier molecular flexibility index (Phi) is 12.3. The van der Waals surface area contributed by atoms with E-state index in [9.17, 15) is 14.7 Å². The van der Waals surface area contributed by atoms with Crippen LogP contribution in [0.5, 0.6) is 23.0 Å². The van der Waals surface area contributed by atoms with Gasteiger partial charge in [0.1, 0.15) is 17.9 Å². The fraction of sp³-hybridized carbons (Fsp3) is 0.405. The molecular weight excluding hydrogens is 612 g/mol. The maximum atomic E-state index is 13.9. The van der Waals surface area contributed by atoms with Gasteiger partial charge in [0.2, 0.25) is 11.7 Å². The van der Waals surface area contributed by atoms with Gasteiger partial charge in [-0.05, 0) is 72.1 Å². The zero-order valence-corrected chi connectivity index (χ0v) is 28.5. The maximum absolute atomic E-state index is 13.9. The van der Waals surface area contributed by atoms with Crippen LogP contribution in [0, 0.1) is 5.92 Å². The molecule has 0 radical (unpaired) electrons. The first-order valence-electron chi connectivity index (χ1n) is 16.1. The topological polar surface area (TPSA) is 167 Å². The van der Waals surface area contributed by atoms with Crippen LogP contribution in [0.1, 0.15) is 48.9 Å². The lowest BCUT2D eigenvalue weighted by molar-refractivity contribution is -0.135. The van der Waals surface area contributed by atoms with Crippen LogP contribution in [0.25, 0.3) is 5.57 Å². The molecule has 4 atom stereocenters. The molecule has 1 aliphatic carbocycles. The highest BCUT2D eigenvalue weighted by molar-refractivity contribution is 5.91. The average molecular weight is 661 g/mol. The molecular formula is C37H48N4O7. The summed E-state index contributed by atoms with van der Waals surface area (Å²) in [4.78, 5) is 27.1. The number of nitrogens with two attached hydrogens (primary N) is 2. The standard InChI is InChI=1S/C37H48N4O7/c1-21(2)16-30(41-37(44)33(42)29(39)17-22-10-8-7-9-11-22)36(43)40-24-13-14-25-27(20-32(46-4)35(48-6)34(25)47-5)26(19-24)23-12-15-31(45-3)28(38)18-23/h7-12,15,18-21,24,29-30,33,42H,13-14,16-17,38-39H2,1-6H3,(H,40,43)(H,41,44)/t24-,29?,30?,33?/m1/s1. The second-order valence-corrected chi connectivity index (χ2v) is 12.4. The lowest BCUT2D eigenvalue weighted by atomic mass is 9.92. The number of hydrogen-bond donors (Lipinski definition) is 5. The second kappa shape index (κ2) is 16.4. The SMILES string of the molecule is COc1ccc(C2=C[C@H](NC(=O)C(CC(C)C)NC(=O)C(O)C(N)Cc3ccccc3)CCc3c2cc(OC)c(OC)c3OC)cc1N. The first-order valence-corrected chi connectivity index (χ1v) is 16.1. The van der Waals surface area contributed by atoms with Crippen molar-refractivity contribution in [3.63, 3.8) is 0 Å². The molecule has 2 amide bonds. The van der Waals surface area contributed by atoms with E-state index in [0.717, 1.165) is 27.8 Å². The predicted octanol–water partition coefficient (Wildman–Crippen LogP) is 3.63. The number of ether oxygens (including phenoxy) is 4. The molecule has 0 saturated carbocycles. The molecule has 0 aliphatic heterocycles. The van der Waals surface area contributed by atoms with Gasteiger partial charge in [0.15, 0.2) is 11.5 Å². The summed E-state index contributed by atoms with van der Waals surface area (Å²) in [5.41, 5.74) is 17.2. The zero-order chi connectivity index (χ0) is 35.0. The Bertz CT molecular complexity index is 1610. The summed E-state index contributed by atoms with van der Waals surface area (Å²) in [7, 11) is 6.26. The van der Waals surface area contributed by atoms with Crippen molar-refractivity contribution in [2.75, 3.05) is 34.2 Å². The number of anilines is 1. The molecule has 0 spiro atoms. The molecule has 48 heavy (non-hydrogen) atoms. The van der Waals surface area contributed by atoms with Crippen molar-refractivity contribution in [2.45, 2.75) is 63.8 Å². The Hall–Kier alpha value is -4.74. The van der Waals surface area contributed by atoms with E-state index in [1.165, 1.54) is 0 Å². The van der Waals surface area contributed by atoms with E-state index in [4.69, 9.17) is 30.4 Å². The smallest absolute Gasteiger partial charge is 0.251 e. The Balaban J connectivity index is 1.65. The average Bonchev–Trinajstić information content (AvgIpc) is 3.25. The first-order chi connectivity index (χ1) is 23.0. The number of amides is 2. The van der Waals surface area contributed by atoms with Crippen molar-refractivity contribution in [3.8, 4) is 23.0 Å². The van der Waals surface area contributed by atoms with E-state index in [1.807, 2.05) is 68.5 Å². The summed E-state index contributed by atoms with van der Waals surface area (Å²) in [6.07, 6.45) is 2.20. The number of nitrogens with one attached hydrogen (secondary N) is 2. The van der Waals surface area contributed by atoms with Crippen molar-refractivity contribution in [1.29, 1.82) is 0 Å². The van der Waals surface area contributed by atoms with E-state index in [2.05, 4.69) is 10.6 Å². The summed E-state index contributed by atoms with van der Waals surface area (Å²) in [5.74, 6) is 1.06. The molecule has 1 aliphatic rings. The molecule has 0 fully saturated rings. The molecule has 11 nitrogen and oxygen atoms in total. The number of carbonyl (C=O) groups is 2. The number of hydrogen-bond acceptors (Lipinski definition) is 9. The Morgan fingerprint density at radius 1 is 0.917 bits per heavy atom. The number of aliphatic hydroxyl groups excluding tert-OH is 1. The third-order valence-corrected chi connectivity index (χ3v) is 8.49. The highest BCUT2D eigenvalue weighted by Crippen LogP contribution is 2.47. The van der Waals surface area contributed by atoms with Crippen molar-refractivity contribution in [3.05, 3.63) is 82.9 Å². The molecule has 3 aromatic carbocycles. The molecule has 11 heteroatoms. The van der Waals surface area contributed by atoms with Crippen LogP contribution in [0.15, 0.2) is 60.7 Å². The van der Waals surface area contributed by atoms with Crippen LogP contribution >= 0.6 is 0 Å². The highest BCUT2D eigenvalue weighted by atomic mass is 16.5. The summed E-state index contributed by atoms with van der Waals surface area (Å²) in [6, 6.07) is 14.6. The number of benzene rings is 3. The van der Waals surface area contributed by atoms with Gasteiger partial charge in [0.05, 0.1) is 34.1 Å². The van der Waals surface area contributed by atoms with E-state index in [-0.39, 0.29) is 11.8 Å². The number of rotatable bonds is 14. The van der Waals surface area contributed by atoms with Crippen LogP contribution in [-0.2, 0) is 22.4 Å². The second-order valence-electron chi connectivity index (χ2n) is 12.4. The van der Waals surface area contributed by atoms with Crippen molar-refractivity contribution in [2.24, 2.45) is 11.7 Å². The van der Waals surface area contributed by atoms with Gasteiger partial charge in [0, 0.05) is 17.6 Å². The number of methoxy groups -OCH3 is 4. The largest absolute Gasteiger partial charge is 0.495 e. The quantitative estimate of drug-likeness (QED) is 0.162. The summed E-state index contributed by atoms with van der Waals surface area (Å²) >= 11 is 0. The molecule has 258 valence electrons. The van der Waals surface area contributed by atoms with Gasteiger partial charge in [-0.2, -0.15) is 0 Å². The van der Waals surface area contributed by atoms with Gasteiger partial charge in [-0.1, -0.05) is 56.3 Å². The maximum Gasteiger partial charge on any atom is 0.251 e. The molecule has 3 aromatic rings. The number of fused-ring (bicyclic) bond motifs is 1. The molecule has 3 unspecified atom stereocenters. The van der Waals surface area contributed by atoms with E-state index < -0.39 is 30.1 Å². The van der Waals surface area contributed by atoms with Crippen molar-refractivity contribution < 1.29 is 33.6 Å². The zero-order valence-electron chi connectivity index (χ0n) is 28.5. The molecule has 0 saturated heterocycles. The number of aliphatic hydroxyl groups is 1. The molecule has 0 bridgehead atoms. The van der Waals surface area contributed by atoms with Crippen LogP contribution < -0.4 is 41.0 Å². The van der Waals surface area contributed by atoms with Crippen molar-refractivity contribution in [1.82, 2.24) is 10.6 Å². The summed E-state index contributed by atoms with van der Waals surface area (Å²) in [5, 5.41) is 16.7. The van der Waals surface area contributed by atoms with Gasteiger partial charge >= 0.3 is 0 Å². The molecule has 7 N–H and O–H groups in total. The van der Waals surface area contributed by atoms with E-state index in [1.54, 1.807) is 34.5 Å². The van der Waals surface area contributed by atoms with Gasteiger partial charge < -0.3 is 46.2 Å². The number of carbonyl (C=O) groups excluding carboxylic acids is 2. The van der Waals surface area contributed by atoms with Crippen molar-refractivity contribution >= 4 is 23.1 Å². The molecule has 0 heterocycles. The Morgan fingerprint density at radius 2 is 1.60 bits per heavy atom. The Labute approximate surface area is 282 Å². The minimum atomic E-state index is -1.50. The fourth-order valence-corrected chi connectivity index (χ4v) is 6.08. The highest BCUT2D eigenvalue weighted by Gasteiger charge is 2.31. The third-order valence-electron chi connectivity index (χ3n) is 8.49. The van der Waals surface area contributed by atoms with Gasteiger partial charge in [-0.3, -0.25) is 9.59 Å². The van der Waals surface area contributed by atoms with Gasteiger partial charge in [0.25, 0.3) is 5.91 Å². The normalized spacial score (nSPS) is 16.0. The fourth-order valence-electron chi connectivity index (χ4n) is 6.08. The van der Waals surface area contributed by atoms with Gasteiger partial charge in [-0.15, -0.1) is 0 Å². The minimum Gasteiger partial charge on any atom is -0.495 e.